The van der Waals surface area contributed by atoms with E-state index in [-0.39, 0.29) is 11.9 Å². The van der Waals surface area contributed by atoms with Crippen LogP contribution in [-0.2, 0) is 24.3 Å². The second kappa shape index (κ2) is 6.46. The molecule has 0 bridgehead atoms. The van der Waals surface area contributed by atoms with Gasteiger partial charge in [0.05, 0.1) is 11.7 Å². The Morgan fingerprint density at radius 2 is 2.12 bits per heavy atom. The molecule has 3 aromatic rings. The molecule has 0 spiro atoms. The number of carbonyl (C=O) groups is 1. The molecule has 4 rings (SSSR count). The van der Waals surface area contributed by atoms with E-state index in [1.54, 1.807) is 11.3 Å². The van der Waals surface area contributed by atoms with Crippen molar-refractivity contribution in [3.8, 4) is 10.8 Å². The van der Waals surface area contributed by atoms with Crippen LogP contribution in [0.3, 0.4) is 0 Å². The second-order valence-electron chi connectivity index (χ2n) is 6.35. The number of fused-ring (bicyclic) bond motifs is 1. The topological polar surface area (TPSA) is 72.4 Å². The van der Waals surface area contributed by atoms with E-state index >= 15 is 0 Å². The number of amides is 1. The Balaban J connectivity index is 1.57. The zero-order chi connectivity index (χ0) is 17.4. The summed E-state index contributed by atoms with van der Waals surface area (Å²) in [6.45, 7) is 3.22. The quantitative estimate of drug-likeness (QED) is 0.782. The molecule has 1 amide bonds. The number of carbonyl (C=O) groups excluding carboxylic acids is 1. The SMILES string of the molecule is Cc1ccc(-c2nc(CN3Cc4ccccc4CC3C(N)=O)cs2)o1. The molecule has 1 aromatic carbocycles. The molecule has 128 valence electrons. The summed E-state index contributed by atoms with van der Waals surface area (Å²) in [4.78, 5) is 18.7. The maximum Gasteiger partial charge on any atom is 0.235 e. The van der Waals surface area contributed by atoms with Gasteiger partial charge in [0.25, 0.3) is 0 Å². The number of thiazole rings is 1. The Bertz CT molecular complexity index is 915. The summed E-state index contributed by atoms with van der Waals surface area (Å²) in [6.07, 6.45) is 0.653. The van der Waals surface area contributed by atoms with Crippen LogP contribution in [-0.4, -0.2) is 21.8 Å². The lowest BCUT2D eigenvalue weighted by molar-refractivity contribution is -0.124. The number of primary amides is 1. The minimum Gasteiger partial charge on any atom is -0.459 e. The first-order valence-electron chi connectivity index (χ1n) is 8.21. The van der Waals surface area contributed by atoms with Gasteiger partial charge in [0.15, 0.2) is 10.8 Å². The maximum absolute atomic E-state index is 11.9. The van der Waals surface area contributed by atoms with Gasteiger partial charge in [-0.3, -0.25) is 9.69 Å². The molecule has 0 fully saturated rings. The molecule has 1 atom stereocenters. The summed E-state index contributed by atoms with van der Waals surface area (Å²) in [6, 6.07) is 11.8. The predicted molar refractivity (Wildman–Crippen MR) is 96.9 cm³/mol. The van der Waals surface area contributed by atoms with E-state index in [0.717, 1.165) is 22.2 Å². The first-order valence-corrected chi connectivity index (χ1v) is 9.09. The molecule has 1 aliphatic heterocycles. The Labute approximate surface area is 150 Å². The fraction of sp³-hybridized carbons (Fsp3) is 0.263. The summed E-state index contributed by atoms with van der Waals surface area (Å²) < 4.78 is 5.64. The molecule has 0 aliphatic carbocycles. The number of hydrogen-bond acceptors (Lipinski definition) is 5. The van der Waals surface area contributed by atoms with Crippen molar-refractivity contribution in [3.63, 3.8) is 0 Å². The standard InChI is InChI=1S/C19H19N3O2S/c1-12-6-7-17(24-12)19-21-15(11-25-19)10-22-9-14-5-3-2-4-13(14)8-16(22)18(20)23/h2-7,11,16H,8-10H2,1H3,(H2,20,23). The van der Waals surface area contributed by atoms with Gasteiger partial charge in [0, 0.05) is 18.5 Å². The van der Waals surface area contributed by atoms with Crippen LogP contribution in [0.4, 0.5) is 0 Å². The lowest BCUT2D eigenvalue weighted by Crippen LogP contribution is -2.48. The largest absolute Gasteiger partial charge is 0.459 e. The van der Waals surface area contributed by atoms with E-state index in [0.29, 0.717) is 19.5 Å². The van der Waals surface area contributed by atoms with Crippen molar-refractivity contribution in [1.29, 1.82) is 0 Å². The molecule has 2 N–H and O–H groups in total. The van der Waals surface area contributed by atoms with Crippen molar-refractivity contribution in [1.82, 2.24) is 9.88 Å². The van der Waals surface area contributed by atoms with E-state index in [1.165, 1.54) is 11.1 Å². The Hall–Kier alpha value is -2.44. The molecule has 0 saturated heterocycles. The molecule has 2 aromatic heterocycles. The number of benzene rings is 1. The van der Waals surface area contributed by atoms with Crippen molar-refractivity contribution in [3.05, 3.63) is 64.4 Å². The van der Waals surface area contributed by atoms with E-state index in [9.17, 15) is 4.79 Å². The smallest absolute Gasteiger partial charge is 0.235 e. The average Bonchev–Trinajstić information content (AvgIpc) is 3.23. The van der Waals surface area contributed by atoms with Gasteiger partial charge in [-0.05, 0) is 36.6 Å². The van der Waals surface area contributed by atoms with Crippen LogP contribution >= 0.6 is 11.3 Å². The number of rotatable bonds is 4. The molecule has 3 heterocycles. The zero-order valence-electron chi connectivity index (χ0n) is 13.9. The molecule has 0 radical (unpaired) electrons. The summed E-state index contributed by atoms with van der Waals surface area (Å²) >= 11 is 1.55. The normalized spacial score (nSPS) is 17.4. The number of nitrogens with two attached hydrogens (primary N) is 1. The number of aryl methyl sites for hydroxylation is 1. The van der Waals surface area contributed by atoms with Gasteiger partial charge in [0.2, 0.25) is 5.91 Å². The van der Waals surface area contributed by atoms with Crippen molar-refractivity contribution >= 4 is 17.2 Å². The highest BCUT2D eigenvalue weighted by Crippen LogP contribution is 2.28. The number of furan rings is 1. The fourth-order valence-corrected chi connectivity index (χ4v) is 4.04. The molecule has 6 heteroatoms. The van der Waals surface area contributed by atoms with Gasteiger partial charge in [0.1, 0.15) is 5.76 Å². The third kappa shape index (κ3) is 3.23. The minimum absolute atomic E-state index is 0.286. The Morgan fingerprint density at radius 1 is 1.32 bits per heavy atom. The third-order valence-electron chi connectivity index (χ3n) is 4.54. The number of nitrogens with zero attached hydrogens (tertiary/aromatic N) is 2. The van der Waals surface area contributed by atoms with Crippen molar-refractivity contribution in [2.24, 2.45) is 5.73 Å². The maximum atomic E-state index is 11.9. The molecular weight excluding hydrogens is 334 g/mol. The van der Waals surface area contributed by atoms with E-state index in [2.05, 4.69) is 22.0 Å². The van der Waals surface area contributed by atoms with Crippen molar-refractivity contribution in [2.75, 3.05) is 0 Å². The molecule has 0 saturated carbocycles. The van der Waals surface area contributed by atoms with Crippen LogP contribution in [0, 0.1) is 6.92 Å². The van der Waals surface area contributed by atoms with E-state index < -0.39 is 0 Å². The highest BCUT2D eigenvalue weighted by molar-refractivity contribution is 7.13. The average molecular weight is 353 g/mol. The van der Waals surface area contributed by atoms with Gasteiger partial charge >= 0.3 is 0 Å². The van der Waals surface area contributed by atoms with E-state index in [1.807, 2.05) is 36.6 Å². The number of aromatic nitrogens is 1. The van der Waals surface area contributed by atoms with Gasteiger partial charge in [-0.2, -0.15) is 0 Å². The minimum atomic E-state index is -0.300. The van der Waals surface area contributed by atoms with Gasteiger partial charge in [-0.25, -0.2) is 4.98 Å². The number of hydrogen-bond donors (Lipinski definition) is 1. The summed E-state index contributed by atoms with van der Waals surface area (Å²) in [5.74, 6) is 1.36. The fourth-order valence-electron chi connectivity index (χ4n) is 3.27. The molecule has 1 unspecified atom stereocenters. The molecular formula is C19H19N3O2S. The predicted octanol–water partition coefficient (Wildman–Crippen LogP) is 3.12. The summed E-state index contributed by atoms with van der Waals surface area (Å²) in [5, 5.41) is 2.88. The lowest BCUT2D eigenvalue weighted by Gasteiger charge is -2.34. The Morgan fingerprint density at radius 3 is 2.84 bits per heavy atom. The summed E-state index contributed by atoms with van der Waals surface area (Å²) in [5.41, 5.74) is 9.03. The van der Waals surface area contributed by atoms with Crippen LogP contribution in [0.1, 0.15) is 22.6 Å². The highest BCUT2D eigenvalue weighted by atomic mass is 32.1. The second-order valence-corrected chi connectivity index (χ2v) is 7.21. The van der Waals surface area contributed by atoms with Gasteiger partial charge in [-0.1, -0.05) is 24.3 Å². The van der Waals surface area contributed by atoms with Gasteiger partial charge in [-0.15, -0.1) is 11.3 Å². The lowest BCUT2D eigenvalue weighted by atomic mass is 9.93. The first kappa shape index (κ1) is 16.1. The van der Waals surface area contributed by atoms with Crippen LogP contribution in [0.15, 0.2) is 46.2 Å². The first-order chi connectivity index (χ1) is 12.1. The molecule has 25 heavy (non-hydrogen) atoms. The third-order valence-corrected chi connectivity index (χ3v) is 5.45. The van der Waals surface area contributed by atoms with E-state index in [4.69, 9.17) is 10.2 Å². The van der Waals surface area contributed by atoms with Crippen LogP contribution in [0.25, 0.3) is 10.8 Å². The zero-order valence-corrected chi connectivity index (χ0v) is 14.8. The summed E-state index contributed by atoms with van der Waals surface area (Å²) in [7, 11) is 0. The van der Waals surface area contributed by atoms with Crippen molar-refractivity contribution in [2.45, 2.75) is 32.5 Å². The van der Waals surface area contributed by atoms with Crippen LogP contribution in [0.2, 0.25) is 0 Å². The van der Waals surface area contributed by atoms with Crippen molar-refractivity contribution < 1.29 is 9.21 Å². The Kier molecular flexibility index (Phi) is 4.15. The van der Waals surface area contributed by atoms with Crippen LogP contribution in [0.5, 0.6) is 0 Å². The molecule has 1 aliphatic rings. The molecule has 5 nitrogen and oxygen atoms in total. The monoisotopic (exact) mass is 353 g/mol. The highest BCUT2D eigenvalue weighted by Gasteiger charge is 2.30. The van der Waals surface area contributed by atoms with Crippen LogP contribution < -0.4 is 5.73 Å². The van der Waals surface area contributed by atoms with Gasteiger partial charge < -0.3 is 10.2 Å².